The van der Waals surface area contributed by atoms with E-state index in [-0.39, 0.29) is 22.4 Å². The van der Waals surface area contributed by atoms with E-state index in [2.05, 4.69) is 32.1 Å². The zero-order valence-electron chi connectivity index (χ0n) is 17.3. The summed E-state index contributed by atoms with van der Waals surface area (Å²) in [7, 11) is 0. The van der Waals surface area contributed by atoms with Crippen molar-refractivity contribution in [1.29, 1.82) is 0 Å². The predicted octanol–water partition coefficient (Wildman–Crippen LogP) is 4.27. The van der Waals surface area contributed by atoms with Crippen molar-refractivity contribution in [3.8, 4) is 0 Å². The maximum absolute atomic E-state index is 11.6. The summed E-state index contributed by atoms with van der Waals surface area (Å²) in [5, 5.41) is 11.6. The molecule has 2 saturated heterocycles. The second kappa shape index (κ2) is 5.51. The average molecular weight is 387 g/mol. The molecule has 3 saturated carbocycles. The van der Waals surface area contributed by atoms with Crippen LogP contribution in [0.4, 0.5) is 0 Å². The van der Waals surface area contributed by atoms with Gasteiger partial charge in [-0.05, 0) is 69.3 Å². The molecule has 0 amide bonds. The van der Waals surface area contributed by atoms with Crippen molar-refractivity contribution in [2.75, 3.05) is 13.2 Å². The van der Waals surface area contributed by atoms with Crippen LogP contribution in [0.3, 0.4) is 0 Å². The predicted molar refractivity (Wildman–Crippen MR) is 106 cm³/mol. The number of aliphatic hydroxyl groups is 1. The maximum Gasteiger partial charge on any atom is 0.171 e. The van der Waals surface area contributed by atoms with Crippen molar-refractivity contribution in [3.63, 3.8) is 0 Å². The van der Waals surface area contributed by atoms with Crippen LogP contribution in [0, 0.1) is 17.3 Å². The van der Waals surface area contributed by atoms with Crippen LogP contribution in [0.2, 0.25) is 0 Å². The average Bonchev–Trinajstić information content (AvgIpc) is 3.03. The Labute approximate surface area is 168 Å². The molecule has 1 spiro atoms. The lowest BCUT2D eigenvalue weighted by Crippen LogP contribution is -2.54. The van der Waals surface area contributed by atoms with Crippen LogP contribution in [0.1, 0.15) is 71.6 Å². The minimum atomic E-state index is -0.565. The number of rotatable bonds is 2. The van der Waals surface area contributed by atoms with Crippen LogP contribution >= 0.6 is 0 Å². The van der Waals surface area contributed by atoms with Gasteiger partial charge in [0.2, 0.25) is 0 Å². The first-order chi connectivity index (χ1) is 13.4. The normalized spacial score (nSPS) is 53.5. The van der Waals surface area contributed by atoms with Gasteiger partial charge in [0.05, 0.1) is 18.8 Å². The van der Waals surface area contributed by atoms with Crippen LogP contribution in [0.15, 0.2) is 23.8 Å². The third kappa shape index (κ3) is 2.01. The Bertz CT molecular complexity index is 752. The molecule has 0 unspecified atom stereocenters. The van der Waals surface area contributed by atoms with Gasteiger partial charge in [0.15, 0.2) is 5.79 Å². The molecule has 1 N–H and O–H groups in total. The molecule has 6 aliphatic rings. The number of hydrogen-bond acceptors (Lipinski definition) is 4. The fourth-order valence-electron chi connectivity index (χ4n) is 8.08. The Morgan fingerprint density at radius 1 is 1.14 bits per heavy atom. The van der Waals surface area contributed by atoms with Gasteiger partial charge in [-0.25, -0.2) is 0 Å². The van der Waals surface area contributed by atoms with E-state index in [0.29, 0.717) is 11.8 Å². The van der Waals surface area contributed by atoms with Crippen molar-refractivity contribution >= 4 is 0 Å². The molecule has 6 rings (SSSR count). The monoisotopic (exact) mass is 386 g/mol. The number of epoxide rings is 1. The highest BCUT2D eigenvalue weighted by Gasteiger charge is 2.79. The van der Waals surface area contributed by atoms with Gasteiger partial charge >= 0.3 is 0 Å². The van der Waals surface area contributed by atoms with E-state index < -0.39 is 5.60 Å². The molecule has 0 aromatic heterocycles. The lowest BCUT2D eigenvalue weighted by Gasteiger charge is -2.52. The lowest BCUT2D eigenvalue weighted by atomic mass is 9.52. The van der Waals surface area contributed by atoms with Crippen LogP contribution in [0.25, 0.3) is 0 Å². The van der Waals surface area contributed by atoms with Gasteiger partial charge in [-0.3, -0.25) is 0 Å². The fourth-order valence-corrected chi connectivity index (χ4v) is 8.08. The summed E-state index contributed by atoms with van der Waals surface area (Å²) >= 11 is 0. The van der Waals surface area contributed by atoms with Crippen molar-refractivity contribution < 1.29 is 19.3 Å². The Morgan fingerprint density at radius 2 is 1.96 bits per heavy atom. The van der Waals surface area contributed by atoms with E-state index in [4.69, 9.17) is 14.2 Å². The topological polar surface area (TPSA) is 51.2 Å². The van der Waals surface area contributed by atoms with E-state index in [1.54, 1.807) is 5.57 Å². The summed E-state index contributed by atoms with van der Waals surface area (Å²) < 4.78 is 18.8. The highest BCUT2D eigenvalue weighted by atomic mass is 16.7. The van der Waals surface area contributed by atoms with E-state index >= 15 is 0 Å². The first-order valence-corrected chi connectivity index (χ1v) is 11.4. The molecule has 4 nitrogen and oxygen atoms in total. The molecule has 154 valence electrons. The lowest BCUT2D eigenvalue weighted by molar-refractivity contribution is -0.185. The largest absolute Gasteiger partial charge is 0.389 e. The van der Waals surface area contributed by atoms with Crippen molar-refractivity contribution in [2.45, 2.75) is 94.2 Å². The minimum absolute atomic E-state index is 0.0141. The Hall–Kier alpha value is -0.680. The summed E-state index contributed by atoms with van der Waals surface area (Å²) in [5.74, 6) is 0.777. The molecule has 0 bridgehead atoms. The zero-order chi connectivity index (χ0) is 19.3. The van der Waals surface area contributed by atoms with Crippen LogP contribution in [-0.4, -0.2) is 40.9 Å². The van der Waals surface area contributed by atoms with Crippen molar-refractivity contribution in [2.24, 2.45) is 17.3 Å². The van der Waals surface area contributed by atoms with Gasteiger partial charge in [0.25, 0.3) is 0 Å². The van der Waals surface area contributed by atoms with Gasteiger partial charge in [-0.2, -0.15) is 0 Å². The first-order valence-electron chi connectivity index (χ1n) is 11.4. The van der Waals surface area contributed by atoms with Gasteiger partial charge in [0, 0.05) is 18.3 Å². The molecular formula is C24H34O4. The van der Waals surface area contributed by atoms with E-state index in [9.17, 15) is 5.11 Å². The number of hydrogen-bond donors (Lipinski definition) is 1. The highest BCUT2D eigenvalue weighted by molar-refractivity contribution is 5.43. The van der Waals surface area contributed by atoms with E-state index in [1.165, 1.54) is 6.42 Å². The SMILES string of the molecule is C/C=C/C[C@]1(O)CC[C@H]2[C@@H]3CC[C@@]45CC6(CC[C@@]4(O5)C3=CC[C@@]21C)OCCO6. The molecule has 5 fully saturated rings. The Morgan fingerprint density at radius 3 is 2.75 bits per heavy atom. The van der Waals surface area contributed by atoms with E-state index in [0.717, 1.165) is 64.6 Å². The second-order valence-corrected chi connectivity index (χ2v) is 10.6. The van der Waals surface area contributed by atoms with Crippen LogP contribution < -0.4 is 0 Å². The quantitative estimate of drug-likeness (QED) is 0.569. The molecule has 2 aliphatic heterocycles. The molecule has 0 radical (unpaired) electrons. The smallest absolute Gasteiger partial charge is 0.171 e. The van der Waals surface area contributed by atoms with Crippen LogP contribution in [0.5, 0.6) is 0 Å². The molecular weight excluding hydrogens is 352 g/mol. The fraction of sp³-hybridized carbons (Fsp3) is 0.833. The summed E-state index contributed by atoms with van der Waals surface area (Å²) in [4.78, 5) is 0. The molecule has 28 heavy (non-hydrogen) atoms. The van der Waals surface area contributed by atoms with Gasteiger partial charge < -0.3 is 19.3 Å². The van der Waals surface area contributed by atoms with Crippen LogP contribution in [-0.2, 0) is 14.2 Å². The van der Waals surface area contributed by atoms with Crippen molar-refractivity contribution in [3.05, 3.63) is 23.8 Å². The molecule has 0 aromatic rings. The second-order valence-electron chi connectivity index (χ2n) is 10.6. The van der Waals surface area contributed by atoms with Gasteiger partial charge in [-0.15, -0.1) is 0 Å². The Kier molecular flexibility index (Phi) is 3.57. The van der Waals surface area contributed by atoms with E-state index in [1.807, 2.05) is 0 Å². The molecule has 2 heterocycles. The third-order valence-corrected chi connectivity index (χ3v) is 9.69. The molecule has 0 aromatic carbocycles. The highest BCUT2D eigenvalue weighted by Crippen LogP contribution is 2.74. The summed E-state index contributed by atoms with van der Waals surface area (Å²) in [6.45, 7) is 5.85. The zero-order valence-corrected chi connectivity index (χ0v) is 17.3. The summed E-state index contributed by atoms with van der Waals surface area (Å²) in [6.07, 6.45) is 15.7. The van der Waals surface area contributed by atoms with Gasteiger partial charge in [-0.1, -0.05) is 25.2 Å². The maximum atomic E-state index is 11.6. The first kappa shape index (κ1) is 18.1. The standard InChI is InChI=1S/C24H34O4/c1-3-4-8-21(25)10-7-18-17-5-11-22-16-23(26-14-15-27-23)12-13-24(22,28-22)19(17)6-9-20(18,21)2/h3-4,6,17-18,25H,5,7-16H2,1-2H3/b4-3+/t17-,18-,20-,21-,22+,24+/m0/s1. The van der Waals surface area contributed by atoms with Gasteiger partial charge in [0.1, 0.15) is 11.2 Å². The Balaban J connectivity index is 1.32. The number of ether oxygens (including phenoxy) is 3. The molecule has 4 heteroatoms. The molecule has 4 aliphatic carbocycles. The third-order valence-electron chi connectivity index (χ3n) is 9.69. The summed E-state index contributed by atoms with van der Waals surface area (Å²) in [6, 6.07) is 0. The minimum Gasteiger partial charge on any atom is -0.389 e. The van der Waals surface area contributed by atoms with Crippen molar-refractivity contribution in [1.82, 2.24) is 0 Å². The summed E-state index contributed by atoms with van der Waals surface area (Å²) in [5.41, 5.74) is 0.891. The number of fused-ring (bicyclic) bond motifs is 3. The molecule has 6 atom stereocenters. The number of allylic oxidation sites excluding steroid dienone is 2.